The number of hydrogen-bond acceptors (Lipinski definition) is 6. The average molecular weight is 509 g/mol. The van der Waals surface area contributed by atoms with E-state index in [1.54, 1.807) is 6.08 Å². The fourth-order valence-corrected chi connectivity index (χ4v) is 4.38. The van der Waals surface area contributed by atoms with Gasteiger partial charge in [-0.25, -0.2) is 23.2 Å². The van der Waals surface area contributed by atoms with Gasteiger partial charge >= 0.3 is 17.9 Å². The molecule has 0 radical (unpaired) electrons. The van der Waals surface area contributed by atoms with Gasteiger partial charge in [0.15, 0.2) is 0 Å². The van der Waals surface area contributed by atoms with E-state index >= 15 is 0 Å². The zero-order chi connectivity index (χ0) is 26.5. The maximum Gasteiger partial charge on any atom is 0.338 e. The van der Waals surface area contributed by atoms with Crippen molar-refractivity contribution in [1.82, 2.24) is 0 Å². The van der Waals surface area contributed by atoms with E-state index in [-0.39, 0.29) is 23.3 Å². The highest BCUT2D eigenvalue weighted by atomic mass is 19.1. The van der Waals surface area contributed by atoms with Crippen molar-refractivity contribution in [2.24, 2.45) is 5.92 Å². The Morgan fingerprint density at radius 2 is 1.59 bits per heavy atom. The summed E-state index contributed by atoms with van der Waals surface area (Å²) in [5.74, 6) is -3.47. The molecule has 8 heteroatoms. The number of allylic oxidation sites excluding steroid dienone is 1. The van der Waals surface area contributed by atoms with Crippen molar-refractivity contribution in [3.05, 3.63) is 107 Å². The molecular formula is C29H26F2O6. The van der Waals surface area contributed by atoms with Gasteiger partial charge in [-0.05, 0) is 79.9 Å². The van der Waals surface area contributed by atoms with Crippen LogP contribution >= 0.6 is 0 Å². The summed E-state index contributed by atoms with van der Waals surface area (Å²) in [7, 11) is 0. The highest BCUT2D eigenvalue weighted by molar-refractivity contribution is 5.92. The summed E-state index contributed by atoms with van der Waals surface area (Å²) in [6, 6.07) is 10.0. The third-order valence-electron chi connectivity index (χ3n) is 6.35. The van der Waals surface area contributed by atoms with Crippen LogP contribution in [0.5, 0.6) is 0 Å². The standard InChI is InChI=1S/C29H26F2O6/c1-17-4-3-5-19(16-35-28(33)20-6-10-22(30)11-7-20)15-25-26(18(2)27(32)36-25)24(14-17)37-29(34)21-8-12-23(31)13-9-21/h4,6-13,15,24-26H,2-3,5,14,16H2,1H3/b17-4+,19-15-/t24-,25+,26+/m0/s1. The minimum Gasteiger partial charge on any atom is -0.458 e. The van der Waals surface area contributed by atoms with Crippen LogP contribution in [0.2, 0.25) is 0 Å². The first kappa shape index (κ1) is 26.0. The number of fused-ring (bicyclic) bond motifs is 1. The molecule has 2 aromatic rings. The van der Waals surface area contributed by atoms with Crippen LogP contribution in [0.1, 0.15) is 46.9 Å². The molecule has 6 nitrogen and oxygen atoms in total. The average Bonchev–Trinajstić information content (AvgIpc) is 3.15. The molecule has 0 spiro atoms. The maximum absolute atomic E-state index is 13.3. The van der Waals surface area contributed by atoms with Crippen molar-refractivity contribution in [3.63, 3.8) is 0 Å². The van der Waals surface area contributed by atoms with E-state index in [1.165, 1.54) is 48.5 Å². The van der Waals surface area contributed by atoms with Gasteiger partial charge in [0.2, 0.25) is 0 Å². The van der Waals surface area contributed by atoms with Gasteiger partial charge in [-0.1, -0.05) is 18.2 Å². The number of benzene rings is 2. The second-order valence-electron chi connectivity index (χ2n) is 9.07. The van der Waals surface area contributed by atoms with Crippen LogP contribution in [0.25, 0.3) is 0 Å². The fraction of sp³-hybridized carbons (Fsp3) is 0.276. The molecule has 0 amide bonds. The van der Waals surface area contributed by atoms with E-state index in [4.69, 9.17) is 14.2 Å². The van der Waals surface area contributed by atoms with Crippen LogP contribution in [0, 0.1) is 17.6 Å². The number of rotatable bonds is 5. The van der Waals surface area contributed by atoms with Crippen molar-refractivity contribution >= 4 is 17.9 Å². The van der Waals surface area contributed by atoms with E-state index in [9.17, 15) is 23.2 Å². The first-order chi connectivity index (χ1) is 17.7. The molecule has 1 aliphatic carbocycles. The number of halogens is 2. The van der Waals surface area contributed by atoms with Gasteiger partial charge in [0.1, 0.15) is 30.4 Å². The first-order valence-electron chi connectivity index (χ1n) is 11.9. The molecule has 1 heterocycles. The minimum absolute atomic E-state index is 0.0591. The van der Waals surface area contributed by atoms with Crippen LogP contribution in [-0.4, -0.2) is 36.7 Å². The van der Waals surface area contributed by atoms with Gasteiger partial charge in [0.05, 0.1) is 17.0 Å². The smallest absolute Gasteiger partial charge is 0.338 e. The van der Waals surface area contributed by atoms with Crippen molar-refractivity contribution in [2.75, 3.05) is 6.61 Å². The van der Waals surface area contributed by atoms with Crippen LogP contribution < -0.4 is 0 Å². The Balaban J connectivity index is 1.56. The van der Waals surface area contributed by atoms with E-state index in [0.29, 0.717) is 24.8 Å². The number of hydrogen-bond donors (Lipinski definition) is 0. The van der Waals surface area contributed by atoms with Gasteiger partial charge in [0.25, 0.3) is 0 Å². The van der Waals surface area contributed by atoms with Crippen molar-refractivity contribution in [3.8, 4) is 0 Å². The minimum atomic E-state index is -0.781. The molecular weight excluding hydrogens is 482 g/mol. The lowest BCUT2D eigenvalue weighted by Gasteiger charge is -2.27. The van der Waals surface area contributed by atoms with Crippen molar-refractivity contribution in [1.29, 1.82) is 0 Å². The maximum atomic E-state index is 13.3. The molecule has 2 aromatic carbocycles. The summed E-state index contributed by atoms with van der Waals surface area (Å²) in [6.07, 6.45) is 3.68. The van der Waals surface area contributed by atoms with Gasteiger partial charge in [-0.3, -0.25) is 0 Å². The lowest BCUT2D eigenvalue weighted by atomic mass is 9.85. The Labute approximate surface area is 213 Å². The summed E-state index contributed by atoms with van der Waals surface area (Å²) in [5.41, 5.74) is 2.21. The van der Waals surface area contributed by atoms with Gasteiger partial charge in [0, 0.05) is 12.0 Å². The summed E-state index contributed by atoms with van der Waals surface area (Å²) in [6.45, 7) is 5.72. The van der Waals surface area contributed by atoms with E-state index in [0.717, 1.165) is 5.57 Å². The zero-order valence-electron chi connectivity index (χ0n) is 20.2. The highest BCUT2D eigenvalue weighted by Gasteiger charge is 2.44. The Hall–Kier alpha value is -4.07. The molecule has 4 rings (SSSR count). The van der Waals surface area contributed by atoms with Crippen LogP contribution in [-0.2, 0) is 19.0 Å². The molecule has 37 heavy (non-hydrogen) atoms. The molecule has 0 N–H and O–H groups in total. The molecule has 0 bridgehead atoms. The SMILES string of the molecule is C=C1C(=O)O[C@@H]2/C=C(\COC(=O)c3ccc(F)cc3)CC/C=C(\C)C[C@H](OC(=O)c3ccc(F)cc3)[C@@H]12. The molecule has 1 fully saturated rings. The number of ether oxygens (including phenoxy) is 3. The second-order valence-corrected chi connectivity index (χ2v) is 9.07. The van der Waals surface area contributed by atoms with Gasteiger partial charge in [-0.2, -0.15) is 0 Å². The predicted octanol–water partition coefficient (Wildman–Crippen LogP) is 5.50. The number of carbonyl (C=O) groups is 3. The lowest BCUT2D eigenvalue weighted by molar-refractivity contribution is -0.137. The van der Waals surface area contributed by atoms with Crippen LogP contribution in [0.3, 0.4) is 0 Å². The third kappa shape index (κ3) is 6.39. The Kier molecular flexibility index (Phi) is 7.96. The molecule has 192 valence electrons. The molecule has 1 saturated heterocycles. The Bertz CT molecular complexity index is 1260. The first-order valence-corrected chi connectivity index (χ1v) is 11.9. The van der Waals surface area contributed by atoms with E-state index in [2.05, 4.69) is 6.58 Å². The summed E-state index contributed by atoms with van der Waals surface area (Å²) >= 11 is 0. The largest absolute Gasteiger partial charge is 0.458 e. The topological polar surface area (TPSA) is 78.9 Å². The summed E-state index contributed by atoms with van der Waals surface area (Å²) in [5, 5.41) is 0. The molecule has 0 saturated carbocycles. The molecule has 2 aliphatic rings. The van der Waals surface area contributed by atoms with E-state index in [1.807, 2.05) is 13.0 Å². The molecule has 0 unspecified atom stereocenters. The van der Waals surface area contributed by atoms with E-state index < -0.39 is 47.7 Å². The second kappa shape index (κ2) is 11.3. The zero-order valence-corrected chi connectivity index (χ0v) is 20.2. The van der Waals surface area contributed by atoms with Gasteiger partial charge in [-0.15, -0.1) is 0 Å². The fourth-order valence-electron chi connectivity index (χ4n) is 4.38. The normalized spacial score (nSPS) is 24.6. The predicted molar refractivity (Wildman–Crippen MR) is 130 cm³/mol. The van der Waals surface area contributed by atoms with Crippen molar-refractivity contribution < 1.29 is 37.4 Å². The Morgan fingerprint density at radius 1 is 1.00 bits per heavy atom. The molecule has 3 atom stereocenters. The number of esters is 3. The third-order valence-corrected chi connectivity index (χ3v) is 6.35. The van der Waals surface area contributed by atoms with Crippen molar-refractivity contribution in [2.45, 2.75) is 38.4 Å². The quantitative estimate of drug-likeness (QED) is 0.230. The van der Waals surface area contributed by atoms with Crippen LogP contribution in [0.4, 0.5) is 8.78 Å². The lowest BCUT2D eigenvalue weighted by Crippen LogP contribution is -2.33. The number of carbonyl (C=O) groups excluding carboxylic acids is 3. The Morgan fingerprint density at radius 3 is 2.22 bits per heavy atom. The summed E-state index contributed by atoms with van der Waals surface area (Å²) in [4.78, 5) is 37.7. The molecule has 1 aliphatic heterocycles. The monoisotopic (exact) mass is 508 g/mol. The highest BCUT2D eigenvalue weighted by Crippen LogP contribution is 2.36. The van der Waals surface area contributed by atoms with Crippen LogP contribution in [0.15, 0.2) is 84.0 Å². The molecule has 0 aromatic heterocycles. The summed E-state index contributed by atoms with van der Waals surface area (Å²) < 4.78 is 43.3. The van der Waals surface area contributed by atoms with Gasteiger partial charge < -0.3 is 14.2 Å².